The fraction of sp³-hybridized carbons (Fsp3) is 0.400. The Bertz CT molecular complexity index is 638. The first-order valence-electron chi connectivity index (χ1n) is 5.40. The number of nitrogens with two attached hydrogens (primary N) is 1. The van der Waals surface area contributed by atoms with Crippen LogP contribution in [-0.4, -0.2) is 48.9 Å². The Kier molecular flexibility index (Phi) is 5.04. The number of hydrogen-bond donors (Lipinski definition) is 2. The lowest BCUT2D eigenvalue weighted by Crippen LogP contribution is -2.31. The molecule has 0 aromatic heterocycles. The van der Waals surface area contributed by atoms with Crippen LogP contribution in [0.15, 0.2) is 34.1 Å². The van der Waals surface area contributed by atoms with E-state index < -0.39 is 20.0 Å². The standard InChI is InChI=1S/C10H17N3O4S2/c1-13(2)7-6-12-19(16,17)10-5-3-4-9(8-10)18(11,14)15/h3-5,8,12H,6-7H2,1-2H3,(H2,11,14,15). The summed E-state index contributed by atoms with van der Waals surface area (Å²) in [7, 11) is -4.02. The normalized spacial score (nSPS) is 12.8. The summed E-state index contributed by atoms with van der Waals surface area (Å²) in [6.45, 7) is 0.767. The van der Waals surface area contributed by atoms with Crippen LogP contribution in [0.25, 0.3) is 0 Å². The van der Waals surface area contributed by atoms with E-state index in [1.807, 2.05) is 19.0 Å². The summed E-state index contributed by atoms with van der Waals surface area (Å²) >= 11 is 0. The highest BCUT2D eigenvalue weighted by Crippen LogP contribution is 2.14. The summed E-state index contributed by atoms with van der Waals surface area (Å²) < 4.78 is 48.6. The molecule has 0 saturated carbocycles. The van der Waals surface area contributed by atoms with Crippen LogP contribution in [0.5, 0.6) is 0 Å². The van der Waals surface area contributed by atoms with E-state index in [4.69, 9.17) is 5.14 Å². The fourth-order valence-corrected chi connectivity index (χ4v) is 3.01. The highest BCUT2D eigenvalue weighted by molar-refractivity contribution is 7.90. The summed E-state index contributed by atoms with van der Waals surface area (Å²) in [6.07, 6.45) is 0. The Morgan fingerprint density at radius 3 is 2.26 bits per heavy atom. The number of rotatable bonds is 6. The maximum Gasteiger partial charge on any atom is 0.240 e. The van der Waals surface area contributed by atoms with Crippen molar-refractivity contribution in [3.63, 3.8) is 0 Å². The van der Waals surface area contributed by atoms with E-state index >= 15 is 0 Å². The lowest BCUT2D eigenvalue weighted by molar-refractivity contribution is 0.412. The highest BCUT2D eigenvalue weighted by Gasteiger charge is 2.16. The van der Waals surface area contributed by atoms with Crippen molar-refractivity contribution in [2.45, 2.75) is 9.79 Å². The molecule has 0 unspecified atom stereocenters. The van der Waals surface area contributed by atoms with Crippen molar-refractivity contribution in [3.8, 4) is 0 Å². The lowest BCUT2D eigenvalue weighted by Gasteiger charge is -2.11. The van der Waals surface area contributed by atoms with E-state index in [0.717, 1.165) is 6.07 Å². The van der Waals surface area contributed by atoms with Gasteiger partial charge in [-0.3, -0.25) is 0 Å². The second-order valence-electron chi connectivity index (χ2n) is 4.22. The number of likely N-dealkylation sites (N-methyl/N-ethyl adjacent to an activating group) is 1. The van der Waals surface area contributed by atoms with Gasteiger partial charge in [-0.15, -0.1) is 0 Å². The molecule has 1 rings (SSSR count). The van der Waals surface area contributed by atoms with Gasteiger partial charge < -0.3 is 4.90 Å². The second kappa shape index (κ2) is 5.97. The molecular formula is C10H17N3O4S2. The zero-order chi connectivity index (χ0) is 14.7. The molecule has 0 heterocycles. The molecule has 0 radical (unpaired) electrons. The van der Waals surface area contributed by atoms with Gasteiger partial charge in [0.15, 0.2) is 0 Å². The third kappa shape index (κ3) is 4.88. The Morgan fingerprint density at radius 2 is 1.74 bits per heavy atom. The summed E-state index contributed by atoms with van der Waals surface area (Å²) in [5.41, 5.74) is 0. The van der Waals surface area contributed by atoms with Crippen molar-refractivity contribution in [3.05, 3.63) is 24.3 Å². The molecule has 9 heteroatoms. The zero-order valence-electron chi connectivity index (χ0n) is 10.7. The molecule has 19 heavy (non-hydrogen) atoms. The summed E-state index contributed by atoms with van der Waals surface area (Å²) in [5.74, 6) is 0. The Labute approximate surface area is 113 Å². The minimum absolute atomic E-state index is 0.127. The molecule has 0 saturated heterocycles. The Hall–Kier alpha value is -1.00. The topological polar surface area (TPSA) is 110 Å². The van der Waals surface area contributed by atoms with E-state index in [0.29, 0.717) is 6.54 Å². The summed E-state index contributed by atoms with van der Waals surface area (Å²) in [4.78, 5) is 1.46. The van der Waals surface area contributed by atoms with Crippen molar-refractivity contribution in [1.82, 2.24) is 9.62 Å². The molecule has 108 valence electrons. The van der Waals surface area contributed by atoms with Crippen molar-refractivity contribution in [2.24, 2.45) is 5.14 Å². The van der Waals surface area contributed by atoms with Gasteiger partial charge in [0.1, 0.15) is 0 Å². The number of primary sulfonamides is 1. The fourth-order valence-electron chi connectivity index (χ4n) is 1.31. The second-order valence-corrected chi connectivity index (χ2v) is 7.55. The zero-order valence-corrected chi connectivity index (χ0v) is 12.3. The summed E-state index contributed by atoms with van der Waals surface area (Å²) in [5, 5.41) is 4.96. The molecule has 3 N–H and O–H groups in total. The molecular weight excluding hydrogens is 290 g/mol. The smallest absolute Gasteiger partial charge is 0.240 e. The van der Waals surface area contributed by atoms with Gasteiger partial charge in [0.2, 0.25) is 20.0 Å². The van der Waals surface area contributed by atoms with E-state index in [1.165, 1.54) is 18.2 Å². The van der Waals surface area contributed by atoms with E-state index in [2.05, 4.69) is 4.72 Å². The third-order valence-electron chi connectivity index (χ3n) is 2.30. The molecule has 1 aromatic rings. The van der Waals surface area contributed by atoms with Crippen LogP contribution < -0.4 is 9.86 Å². The molecule has 0 spiro atoms. The van der Waals surface area contributed by atoms with Crippen LogP contribution in [0.1, 0.15) is 0 Å². The minimum atomic E-state index is -3.92. The van der Waals surface area contributed by atoms with Crippen LogP contribution in [0.3, 0.4) is 0 Å². The third-order valence-corrected chi connectivity index (χ3v) is 4.67. The van der Waals surface area contributed by atoms with E-state index in [-0.39, 0.29) is 16.3 Å². The molecule has 0 fully saturated rings. The van der Waals surface area contributed by atoms with Gasteiger partial charge >= 0.3 is 0 Å². The van der Waals surface area contributed by atoms with E-state index in [9.17, 15) is 16.8 Å². The SMILES string of the molecule is CN(C)CCNS(=O)(=O)c1cccc(S(N)(=O)=O)c1. The first kappa shape index (κ1) is 16.1. The largest absolute Gasteiger partial charge is 0.308 e. The Balaban J connectivity index is 2.96. The molecule has 0 aliphatic heterocycles. The van der Waals surface area contributed by atoms with Crippen molar-refractivity contribution in [2.75, 3.05) is 27.2 Å². The predicted octanol–water partition coefficient (Wildman–Crippen LogP) is -0.826. The quantitative estimate of drug-likeness (QED) is 0.713. The van der Waals surface area contributed by atoms with Gasteiger partial charge in [-0.2, -0.15) is 0 Å². The van der Waals surface area contributed by atoms with Crippen LogP contribution in [0.2, 0.25) is 0 Å². The molecule has 0 atom stereocenters. The van der Waals surface area contributed by atoms with Crippen molar-refractivity contribution in [1.29, 1.82) is 0 Å². The van der Waals surface area contributed by atoms with Crippen LogP contribution in [0.4, 0.5) is 0 Å². The number of hydrogen-bond acceptors (Lipinski definition) is 5. The molecule has 0 aliphatic carbocycles. The molecule has 7 nitrogen and oxygen atoms in total. The van der Waals surface area contributed by atoms with Gasteiger partial charge in [-0.05, 0) is 32.3 Å². The average Bonchev–Trinajstić information content (AvgIpc) is 2.27. The maximum absolute atomic E-state index is 11.9. The van der Waals surface area contributed by atoms with Gasteiger partial charge in [0.05, 0.1) is 9.79 Å². The number of nitrogens with one attached hydrogen (secondary N) is 1. The average molecular weight is 307 g/mol. The van der Waals surface area contributed by atoms with Gasteiger partial charge in [-0.25, -0.2) is 26.7 Å². The number of benzene rings is 1. The summed E-state index contributed by atoms with van der Waals surface area (Å²) in [6, 6.07) is 4.93. The number of sulfonamides is 2. The number of nitrogens with zero attached hydrogens (tertiary/aromatic N) is 1. The van der Waals surface area contributed by atoms with Gasteiger partial charge in [0, 0.05) is 13.1 Å². The van der Waals surface area contributed by atoms with Crippen molar-refractivity contribution < 1.29 is 16.8 Å². The van der Waals surface area contributed by atoms with Crippen LogP contribution in [0, 0.1) is 0 Å². The highest BCUT2D eigenvalue weighted by atomic mass is 32.2. The van der Waals surface area contributed by atoms with Crippen LogP contribution >= 0.6 is 0 Å². The van der Waals surface area contributed by atoms with Gasteiger partial charge in [0.25, 0.3) is 0 Å². The van der Waals surface area contributed by atoms with E-state index in [1.54, 1.807) is 0 Å². The minimum Gasteiger partial charge on any atom is -0.308 e. The predicted molar refractivity (Wildman–Crippen MR) is 71.6 cm³/mol. The Morgan fingerprint density at radius 1 is 1.16 bits per heavy atom. The monoisotopic (exact) mass is 307 g/mol. The molecule has 1 aromatic carbocycles. The first-order chi connectivity index (χ1) is 8.63. The molecule has 0 bridgehead atoms. The molecule has 0 amide bonds. The molecule has 0 aliphatic rings. The first-order valence-corrected chi connectivity index (χ1v) is 8.43. The van der Waals surface area contributed by atoms with Crippen molar-refractivity contribution >= 4 is 20.0 Å². The van der Waals surface area contributed by atoms with Gasteiger partial charge in [-0.1, -0.05) is 6.07 Å². The lowest BCUT2D eigenvalue weighted by atomic mass is 10.4. The van der Waals surface area contributed by atoms with Crippen LogP contribution in [-0.2, 0) is 20.0 Å². The maximum atomic E-state index is 11.9.